The van der Waals surface area contributed by atoms with E-state index < -0.39 is 5.60 Å². The number of methoxy groups -OCH3 is 1. The van der Waals surface area contributed by atoms with Gasteiger partial charge >= 0.3 is 0 Å². The summed E-state index contributed by atoms with van der Waals surface area (Å²) < 4.78 is 5.32. The van der Waals surface area contributed by atoms with Crippen LogP contribution in [0.15, 0.2) is 0 Å². The predicted molar refractivity (Wildman–Crippen MR) is 65.4 cm³/mol. The molecule has 3 N–H and O–H groups in total. The fourth-order valence-electron chi connectivity index (χ4n) is 2.25. The van der Waals surface area contributed by atoms with Crippen LogP contribution in [0, 0.1) is 0 Å². The van der Waals surface area contributed by atoms with Crippen molar-refractivity contribution in [1.29, 1.82) is 0 Å². The van der Waals surface area contributed by atoms with Gasteiger partial charge in [0.25, 0.3) is 0 Å². The van der Waals surface area contributed by atoms with Gasteiger partial charge in [-0.2, -0.15) is 0 Å². The van der Waals surface area contributed by atoms with E-state index in [9.17, 15) is 5.11 Å². The van der Waals surface area contributed by atoms with E-state index in [0.717, 1.165) is 45.3 Å². The minimum atomic E-state index is -0.652. The molecule has 1 aliphatic rings. The van der Waals surface area contributed by atoms with Gasteiger partial charge in [-0.25, -0.2) is 0 Å². The van der Waals surface area contributed by atoms with E-state index in [1.807, 2.05) is 6.92 Å². The zero-order valence-electron chi connectivity index (χ0n) is 10.6. The van der Waals surface area contributed by atoms with E-state index in [1.54, 1.807) is 7.11 Å². The van der Waals surface area contributed by atoms with Crippen LogP contribution in [0.3, 0.4) is 0 Å². The first kappa shape index (κ1) is 13.9. The molecule has 2 atom stereocenters. The highest BCUT2D eigenvalue weighted by Gasteiger charge is 2.24. The number of likely N-dealkylation sites (tertiary alicyclic amines) is 1. The molecule has 4 nitrogen and oxygen atoms in total. The lowest BCUT2D eigenvalue weighted by molar-refractivity contribution is 0.0316. The van der Waals surface area contributed by atoms with Crippen molar-refractivity contribution in [2.45, 2.75) is 44.3 Å². The number of hydrogen-bond donors (Lipinski definition) is 2. The topological polar surface area (TPSA) is 58.7 Å². The summed E-state index contributed by atoms with van der Waals surface area (Å²) in [5, 5.41) is 10.0. The first-order valence-electron chi connectivity index (χ1n) is 6.31. The zero-order valence-corrected chi connectivity index (χ0v) is 10.6. The average Bonchev–Trinajstić information content (AvgIpc) is 2.77. The first-order chi connectivity index (χ1) is 7.63. The maximum Gasteiger partial charge on any atom is 0.0767 e. The second kappa shape index (κ2) is 6.55. The zero-order chi connectivity index (χ0) is 12.0. The van der Waals surface area contributed by atoms with Crippen LogP contribution in [0.1, 0.15) is 32.6 Å². The molecule has 1 saturated heterocycles. The van der Waals surface area contributed by atoms with Crippen molar-refractivity contribution in [2.24, 2.45) is 5.73 Å². The number of rotatable bonds is 7. The Bertz CT molecular complexity index is 195. The van der Waals surface area contributed by atoms with E-state index in [-0.39, 0.29) is 0 Å². The van der Waals surface area contributed by atoms with Gasteiger partial charge in [0.1, 0.15) is 0 Å². The molecule has 0 radical (unpaired) electrons. The molecule has 0 saturated carbocycles. The molecule has 1 heterocycles. The third kappa shape index (κ3) is 4.01. The summed E-state index contributed by atoms with van der Waals surface area (Å²) >= 11 is 0. The molecule has 2 unspecified atom stereocenters. The maximum absolute atomic E-state index is 10.0. The molecule has 1 aliphatic heterocycles. The highest BCUT2D eigenvalue weighted by molar-refractivity contribution is 4.80. The van der Waals surface area contributed by atoms with Crippen LogP contribution >= 0.6 is 0 Å². The number of ether oxygens (including phenoxy) is 1. The van der Waals surface area contributed by atoms with Crippen molar-refractivity contribution in [3.05, 3.63) is 0 Å². The van der Waals surface area contributed by atoms with Crippen molar-refractivity contribution >= 4 is 0 Å². The SMILES string of the molecule is CCC(O)(CN)CCCN1CCC(OC)C1. The van der Waals surface area contributed by atoms with Crippen molar-refractivity contribution in [3.8, 4) is 0 Å². The smallest absolute Gasteiger partial charge is 0.0767 e. The minimum absolute atomic E-state index is 0.365. The van der Waals surface area contributed by atoms with Crippen LogP contribution in [0.2, 0.25) is 0 Å². The molecule has 16 heavy (non-hydrogen) atoms. The summed E-state index contributed by atoms with van der Waals surface area (Å²) in [7, 11) is 1.78. The third-order valence-electron chi connectivity index (χ3n) is 3.72. The third-order valence-corrected chi connectivity index (χ3v) is 3.72. The van der Waals surface area contributed by atoms with E-state index in [1.165, 1.54) is 0 Å². The number of hydrogen-bond acceptors (Lipinski definition) is 4. The predicted octanol–water partition coefficient (Wildman–Crippen LogP) is 0.587. The Kier molecular flexibility index (Phi) is 5.69. The van der Waals surface area contributed by atoms with Gasteiger partial charge in [-0.15, -0.1) is 0 Å². The van der Waals surface area contributed by atoms with Gasteiger partial charge in [0.15, 0.2) is 0 Å². The second-order valence-electron chi connectivity index (χ2n) is 4.83. The highest BCUT2D eigenvalue weighted by Crippen LogP contribution is 2.18. The molecule has 0 aromatic rings. The quantitative estimate of drug-likeness (QED) is 0.672. The monoisotopic (exact) mass is 230 g/mol. The number of nitrogens with two attached hydrogens (primary N) is 1. The summed E-state index contributed by atoms with van der Waals surface area (Å²) in [5.41, 5.74) is 4.92. The molecule has 0 bridgehead atoms. The van der Waals surface area contributed by atoms with Crippen LogP contribution in [0.25, 0.3) is 0 Å². The Balaban J connectivity index is 2.16. The molecular weight excluding hydrogens is 204 g/mol. The maximum atomic E-state index is 10.0. The van der Waals surface area contributed by atoms with Gasteiger partial charge in [-0.05, 0) is 32.2 Å². The van der Waals surface area contributed by atoms with Crippen LogP contribution in [-0.2, 0) is 4.74 Å². The van der Waals surface area contributed by atoms with Crippen LogP contribution < -0.4 is 5.73 Å². The summed E-state index contributed by atoms with van der Waals surface area (Å²) in [6.07, 6.45) is 4.08. The average molecular weight is 230 g/mol. The Labute approximate surface area is 98.8 Å². The van der Waals surface area contributed by atoms with Gasteiger partial charge < -0.3 is 20.5 Å². The summed E-state index contributed by atoms with van der Waals surface area (Å²) in [5.74, 6) is 0. The number of nitrogens with zero attached hydrogens (tertiary/aromatic N) is 1. The van der Waals surface area contributed by atoms with Crippen LogP contribution in [0.5, 0.6) is 0 Å². The van der Waals surface area contributed by atoms with Gasteiger partial charge in [-0.1, -0.05) is 6.92 Å². The fourth-order valence-corrected chi connectivity index (χ4v) is 2.25. The Hall–Kier alpha value is -0.160. The summed E-state index contributed by atoms with van der Waals surface area (Å²) in [6.45, 7) is 5.55. The largest absolute Gasteiger partial charge is 0.389 e. The number of aliphatic hydroxyl groups is 1. The summed E-state index contributed by atoms with van der Waals surface area (Å²) in [6, 6.07) is 0. The van der Waals surface area contributed by atoms with Crippen LogP contribution in [-0.4, -0.2) is 55.0 Å². The molecule has 0 amide bonds. The Morgan fingerprint density at radius 1 is 1.56 bits per heavy atom. The Morgan fingerprint density at radius 2 is 2.31 bits per heavy atom. The highest BCUT2D eigenvalue weighted by atomic mass is 16.5. The van der Waals surface area contributed by atoms with Crippen molar-refractivity contribution in [2.75, 3.05) is 33.3 Å². The van der Waals surface area contributed by atoms with Gasteiger partial charge in [0, 0.05) is 26.7 Å². The first-order valence-corrected chi connectivity index (χ1v) is 6.31. The molecule has 0 spiro atoms. The Morgan fingerprint density at radius 3 is 2.81 bits per heavy atom. The van der Waals surface area contributed by atoms with Gasteiger partial charge in [0.05, 0.1) is 11.7 Å². The van der Waals surface area contributed by atoms with E-state index >= 15 is 0 Å². The minimum Gasteiger partial charge on any atom is -0.389 e. The van der Waals surface area contributed by atoms with Crippen molar-refractivity contribution in [1.82, 2.24) is 4.90 Å². The normalized spacial score (nSPS) is 25.9. The molecule has 1 fully saturated rings. The molecule has 4 heteroatoms. The fraction of sp³-hybridized carbons (Fsp3) is 1.00. The van der Waals surface area contributed by atoms with E-state index in [0.29, 0.717) is 12.6 Å². The molecular formula is C12H26N2O2. The van der Waals surface area contributed by atoms with Gasteiger partial charge in [0.2, 0.25) is 0 Å². The second-order valence-corrected chi connectivity index (χ2v) is 4.83. The lowest BCUT2D eigenvalue weighted by Gasteiger charge is -2.26. The molecule has 96 valence electrons. The van der Waals surface area contributed by atoms with E-state index in [2.05, 4.69) is 4.90 Å². The summed E-state index contributed by atoms with van der Waals surface area (Å²) in [4.78, 5) is 2.40. The molecule has 1 rings (SSSR count). The van der Waals surface area contributed by atoms with Crippen molar-refractivity contribution < 1.29 is 9.84 Å². The lowest BCUT2D eigenvalue weighted by atomic mass is 9.95. The molecule has 0 aromatic heterocycles. The van der Waals surface area contributed by atoms with E-state index in [4.69, 9.17) is 10.5 Å². The van der Waals surface area contributed by atoms with Crippen molar-refractivity contribution in [3.63, 3.8) is 0 Å². The molecule has 0 aromatic carbocycles. The standard InChI is InChI=1S/C12H26N2O2/c1-3-12(15,10-13)6-4-7-14-8-5-11(9-14)16-2/h11,15H,3-10,13H2,1-2H3. The van der Waals surface area contributed by atoms with Gasteiger partial charge in [-0.3, -0.25) is 0 Å². The lowest BCUT2D eigenvalue weighted by Crippen LogP contribution is -2.37. The van der Waals surface area contributed by atoms with Crippen LogP contribution in [0.4, 0.5) is 0 Å². The molecule has 0 aliphatic carbocycles.